The molecule has 0 fully saturated rings. The van der Waals surface area contributed by atoms with Gasteiger partial charge in [0.1, 0.15) is 6.61 Å². The number of ether oxygens (including phenoxy) is 5. The standard InChI is InChI=1S/C26H51IO6/c1-2-3-4-5-6-7-8-9-12-15-26(28)33-25-24-32-23-22-31-21-20-30-19-18-29-17-14-11-10-13-16-27/h2-25H2,1H3. The van der Waals surface area contributed by atoms with Crippen molar-refractivity contribution in [3.05, 3.63) is 0 Å². The van der Waals surface area contributed by atoms with Gasteiger partial charge in [0.15, 0.2) is 0 Å². The van der Waals surface area contributed by atoms with E-state index in [0.29, 0.717) is 59.3 Å². The van der Waals surface area contributed by atoms with E-state index in [0.717, 1.165) is 25.9 Å². The minimum Gasteiger partial charge on any atom is -0.463 e. The fourth-order valence-electron chi connectivity index (χ4n) is 3.28. The Labute approximate surface area is 217 Å². The fraction of sp³-hybridized carbons (Fsp3) is 0.962. The molecule has 7 heteroatoms. The van der Waals surface area contributed by atoms with Crippen LogP contribution in [0.2, 0.25) is 0 Å². The second kappa shape index (κ2) is 30.1. The topological polar surface area (TPSA) is 63.2 Å². The molecule has 0 rings (SSSR count). The molecule has 0 atom stereocenters. The molecule has 0 aliphatic carbocycles. The van der Waals surface area contributed by atoms with Gasteiger partial charge in [-0.05, 0) is 23.7 Å². The summed E-state index contributed by atoms with van der Waals surface area (Å²) in [6.45, 7) is 7.19. The summed E-state index contributed by atoms with van der Waals surface area (Å²) in [5.41, 5.74) is 0. The highest BCUT2D eigenvalue weighted by molar-refractivity contribution is 14.1. The summed E-state index contributed by atoms with van der Waals surface area (Å²) in [7, 11) is 0. The van der Waals surface area contributed by atoms with Gasteiger partial charge >= 0.3 is 5.97 Å². The molecule has 0 N–H and O–H groups in total. The molecule has 0 saturated carbocycles. The highest BCUT2D eigenvalue weighted by Crippen LogP contribution is 2.10. The summed E-state index contributed by atoms with van der Waals surface area (Å²) in [5, 5.41) is 0. The lowest BCUT2D eigenvalue weighted by molar-refractivity contribution is -0.145. The van der Waals surface area contributed by atoms with Gasteiger partial charge in [-0.15, -0.1) is 0 Å². The maximum atomic E-state index is 11.7. The molecule has 0 aromatic carbocycles. The van der Waals surface area contributed by atoms with Crippen LogP contribution in [0.15, 0.2) is 0 Å². The number of unbranched alkanes of at least 4 members (excludes halogenated alkanes) is 11. The Balaban J connectivity index is 3.12. The monoisotopic (exact) mass is 586 g/mol. The first-order valence-corrected chi connectivity index (χ1v) is 14.9. The molecular formula is C26H51IO6. The number of hydrogen-bond donors (Lipinski definition) is 0. The van der Waals surface area contributed by atoms with Gasteiger partial charge in [0.2, 0.25) is 0 Å². The van der Waals surface area contributed by atoms with Crippen molar-refractivity contribution in [2.24, 2.45) is 0 Å². The second-order valence-electron chi connectivity index (χ2n) is 8.35. The number of carbonyl (C=O) groups is 1. The van der Waals surface area contributed by atoms with Crippen molar-refractivity contribution in [1.29, 1.82) is 0 Å². The fourth-order valence-corrected chi connectivity index (χ4v) is 3.82. The summed E-state index contributed by atoms with van der Waals surface area (Å²) in [6, 6.07) is 0. The van der Waals surface area contributed by atoms with Crippen LogP contribution >= 0.6 is 22.6 Å². The average Bonchev–Trinajstić information content (AvgIpc) is 2.82. The predicted molar refractivity (Wildman–Crippen MR) is 143 cm³/mol. The number of carbonyl (C=O) groups excluding carboxylic acids is 1. The van der Waals surface area contributed by atoms with Crippen LogP contribution in [-0.4, -0.2) is 69.9 Å². The lowest BCUT2D eigenvalue weighted by atomic mass is 10.1. The SMILES string of the molecule is CCCCCCCCCCCC(=O)OCCOCCOCCOCCOCCCCCCI. The molecule has 0 unspecified atom stereocenters. The highest BCUT2D eigenvalue weighted by Gasteiger charge is 2.02. The zero-order chi connectivity index (χ0) is 24.1. The molecule has 0 saturated heterocycles. The van der Waals surface area contributed by atoms with Crippen molar-refractivity contribution in [2.75, 3.05) is 63.9 Å². The zero-order valence-corrected chi connectivity index (χ0v) is 23.5. The largest absolute Gasteiger partial charge is 0.463 e. The van der Waals surface area contributed by atoms with Crippen molar-refractivity contribution in [3.8, 4) is 0 Å². The molecule has 0 aliphatic heterocycles. The molecule has 0 amide bonds. The maximum Gasteiger partial charge on any atom is 0.305 e. The summed E-state index contributed by atoms with van der Waals surface area (Å²) < 4.78 is 28.3. The second-order valence-corrected chi connectivity index (χ2v) is 9.43. The van der Waals surface area contributed by atoms with E-state index in [1.165, 1.54) is 68.6 Å². The third-order valence-corrected chi connectivity index (χ3v) is 6.03. The van der Waals surface area contributed by atoms with Gasteiger partial charge in [0.25, 0.3) is 0 Å². The van der Waals surface area contributed by atoms with Gasteiger partial charge in [-0.25, -0.2) is 0 Å². The van der Waals surface area contributed by atoms with Crippen LogP contribution in [0.25, 0.3) is 0 Å². The van der Waals surface area contributed by atoms with Gasteiger partial charge in [-0.3, -0.25) is 4.79 Å². The van der Waals surface area contributed by atoms with Crippen molar-refractivity contribution in [3.63, 3.8) is 0 Å². The third-order valence-electron chi connectivity index (χ3n) is 5.26. The van der Waals surface area contributed by atoms with Crippen LogP contribution in [0.5, 0.6) is 0 Å². The first kappa shape index (κ1) is 33.0. The molecule has 0 aromatic rings. The van der Waals surface area contributed by atoms with Crippen LogP contribution < -0.4 is 0 Å². The summed E-state index contributed by atoms with van der Waals surface area (Å²) in [5.74, 6) is -0.116. The van der Waals surface area contributed by atoms with E-state index < -0.39 is 0 Å². The molecule has 0 aliphatic rings. The van der Waals surface area contributed by atoms with Crippen LogP contribution in [0.4, 0.5) is 0 Å². The van der Waals surface area contributed by atoms with Gasteiger partial charge in [-0.2, -0.15) is 0 Å². The van der Waals surface area contributed by atoms with Crippen LogP contribution in [0.1, 0.15) is 96.8 Å². The Hall–Kier alpha value is 0.0400. The van der Waals surface area contributed by atoms with E-state index in [1.807, 2.05) is 0 Å². The number of hydrogen-bond acceptors (Lipinski definition) is 6. The number of alkyl halides is 1. The number of rotatable bonds is 28. The molecule has 0 bridgehead atoms. The average molecular weight is 587 g/mol. The van der Waals surface area contributed by atoms with E-state index in [-0.39, 0.29) is 5.97 Å². The van der Waals surface area contributed by atoms with Crippen LogP contribution in [0.3, 0.4) is 0 Å². The van der Waals surface area contributed by atoms with Gasteiger partial charge in [0, 0.05) is 13.0 Å². The number of esters is 1. The molecule has 0 heterocycles. The smallest absolute Gasteiger partial charge is 0.305 e. The first-order chi connectivity index (χ1) is 16.3. The molecular weight excluding hydrogens is 535 g/mol. The van der Waals surface area contributed by atoms with Gasteiger partial charge < -0.3 is 23.7 Å². The lowest BCUT2D eigenvalue weighted by Crippen LogP contribution is -2.14. The Morgan fingerprint density at radius 2 is 0.939 bits per heavy atom. The van der Waals surface area contributed by atoms with Gasteiger partial charge in [-0.1, -0.05) is 93.7 Å². The molecule has 0 spiro atoms. The Morgan fingerprint density at radius 3 is 1.48 bits per heavy atom. The van der Waals surface area contributed by atoms with E-state index in [4.69, 9.17) is 23.7 Å². The van der Waals surface area contributed by atoms with Crippen molar-refractivity contribution < 1.29 is 28.5 Å². The quantitative estimate of drug-likeness (QED) is 0.0451. The molecule has 33 heavy (non-hydrogen) atoms. The number of halogens is 1. The third kappa shape index (κ3) is 30.0. The summed E-state index contributed by atoms with van der Waals surface area (Å²) >= 11 is 2.42. The van der Waals surface area contributed by atoms with E-state index in [2.05, 4.69) is 29.5 Å². The van der Waals surface area contributed by atoms with Crippen LogP contribution in [0, 0.1) is 0 Å². The lowest BCUT2D eigenvalue weighted by Gasteiger charge is -2.08. The Morgan fingerprint density at radius 1 is 0.515 bits per heavy atom. The summed E-state index contributed by atoms with van der Waals surface area (Å²) in [6.07, 6.45) is 16.8. The minimum atomic E-state index is -0.116. The molecule has 0 aromatic heterocycles. The molecule has 198 valence electrons. The van der Waals surface area contributed by atoms with Crippen molar-refractivity contribution >= 4 is 28.6 Å². The van der Waals surface area contributed by atoms with E-state index >= 15 is 0 Å². The summed E-state index contributed by atoms with van der Waals surface area (Å²) in [4.78, 5) is 11.7. The van der Waals surface area contributed by atoms with Gasteiger partial charge in [0.05, 0.1) is 46.2 Å². The molecule has 6 nitrogen and oxygen atoms in total. The first-order valence-electron chi connectivity index (χ1n) is 13.3. The predicted octanol–water partition coefficient (Wildman–Crippen LogP) is 6.51. The minimum absolute atomic E-state index is 0.116. The zero-order valence-electron chi connectivity index (χ0n) is 21.3. The molecule has 0 radical (unpaired) electrons. The Kier molecular flexibility index (Phi) is 30.1. The van der Waals surface area contributed by atoms with Crippen molar-refractivity contribution in [2.45, 2.75) is 96.8 Å². The van der Waals surface area contributed by atoms with Crippen molar-refractivity contribution in [1.82, 2.24) is 0 Å². The normalized spacial score (nSPS) is 11.2. The Bertz CT molecular complexity index is 384. The van der Waals surface area contributed by atoms with E-state index in [9.17, 15) is 4.79 Å². The van der Waals surface area contributed by atoms with Crippen LogP contribution in [-0.2, 0) is 28.5 Å². The highest BCUT2D eigenvalue weighted by atomic mass is 127. The maximum absolute atomic E-state index is 11.7. The van der Waals surface area contributed by atoms with E-state index in [1.54, 1.807) is 0 Å².